The van der Waals surface area contributed by atoms with E-state index in [4.69, 9.17) is 16.6 Å². The first-order valence-electron chi connectivity index (χ1n) is 13.3. The van der Waals surface area contributed by atoms with Crippen LogP contribution in [0.15, 0.2) is 83.9 Å². The minimum atomic E-state index is -1.23. The number of carbonyl (C=O) groups is 2. The Morgan fingerprint density at radius 1 is 0.923 bits per heavy atom. The zero-order valence-corrected chi connectivity index (χ0v) is 22.6. The number of likely N-dealkylation sites (tertiary alicyclic amines) is 1. The van der Waals surface area contributed by atoms with Crippen LogP contribution >= 0.6 is 11.6 Å². The summed E-state index contributed by atoms with van der Waals surface area (Å²) >= 11 is 6.46. The monoisotopic (exact) mass is 547 g/mol. The minimum absolute atomic E-state index is 0.124. The van der Waals surface area contributed by atoms with Crippen LogP contribution in [0.3, 0.4) is 0 Å². The van der Waals surface area contributed by atoms with Crippen LogP contribution in [0.25, 0.3) is 0 Å². The molecule has 1 saturated heterocycles. The maximum absolute atomic E-state index is 13.0. The maximum atomic E-state index is 13.0. The zero-order valence-electron chi connectivity index (χ0n) is 21.8. The molecular weight excluding hydrogens is 514 g/mol. The predicted molar refractivity (Wildman–Crippen MR) is 155 cm³/mol. The van der Waals surface area contributed by atoms with Crippen LogP contribution in [-0.4, -0.2) is 65.0 Å². The number of aliphatic imine (C=N–C) groups is 1. The van der Waals surface area contributed by atoms with Crippen molar-refractivity contribution in [3.63, 3.8) is 0 Å². The molecule has 2 atom stereocenters. The van der Waals surface area contributed by atoms with E-state index in [0.29, 0.717) is 39.7 Å². The Morgan fingerprint density at radius 3 is 2.28 bits per heavy atom. The molecule has 0 unspecified atom stereocenters. The molecule has 39 heavy (non-hydrogen) atoms. The van der Waals surface area contributed by atoms with Crippen LogP contribution in [0.5, 0.6) is 0 Å². The van der Waals surface area contributed by atoms with Gasteiger partial charge in [-0.25, -0.2) is 4.79 Å². The van der Waals surface area contributed by atoms with E-state index in [0.717, 1.165) is 25.9 Å². The number of carbonyl (C=O) groups excluding carboxylic acids is 1. The first-order valence-corrected chi connectivity index (χ1v) is 13.7. The summed E-state index contributed by atoms with van der Waals surface area (Å²) in [5.41, 5.74) is 2.93. The molecule has 1 amide bonds. The first-order chi connectivity index (χ1) is 19.0. The van der Waals surface area contributed by atoms with Crippen LogP contribution in [-0.2, 0) is 9.59 Å². The van der Waals surface area contributed by atoms with Crippen molar-refractivity contribution in [1.29, 1.82) is 0 Å². The van der Waals surface area contributed by atoms with Crippen molar-refractivity contribution in [2.24, 2.45) is 4.99 Å². The van der Waals surface area contributed by atoms with Gasteiger partial charge in [0.2, 0.25) is 5.91 Å². The van der Waals surface area contributed by atoms with Crippen LogP contribution in [0.4, 0.5) is 5.69 Å². The number of para-hydroxylation sites is 1. The van der Waals surface area contributed by atoms with Crippen molar-refractivity contribution in [1.82, 2.24) is 4.90 Å². The Hall–Kier alpha value is -3.52. The van der Waals surface area contributed by atoms with Gasteiger partial charge in [0.25, 0.3) is 0 Å². The number of aliphatic carboxylic acids is 1. The molecule has 0 spiro atoms. The fraction of sp³-hybridized carbons (Fsp3) is 0.323. The Balaban J connectivity index is 1.76. The van der Waals surface area contributed by atoms with Crippen molar-refractivity contribution in [2.45, 2.75) is 37.6 Å². The van der Waals surface area contributed by atoms with E-state index < -0.39 is 17.9 Å². The summed E-state index contributed by atoms with van der Waals surface area (Å²) in [5.74, 6) is -1.92. The predicted octanol–water partition coefficient (Wildman–Crippen LogP) is 5.22. The van der Waals surface area contributed by atoms with Crippen molar-refractivity contribution in [3.05, 3.63) is 101 Å². The Labute approximate surface area is 234 Å². The second-order valence-electron chi connectivity index (χ2n) is 9.70. The lowest BCUT2D eigenvalue weighted by Gasteiger charge is -2.26. The molecule has 204 valence electrons. The summed E-state index contributed by atoms with van der Waals surface area (Å²) in [5, 5.41) is 23.6. The fourth-order valence-corrected chi connectivity index (χ4v) is 5.34. The van der Waals surface area contributed by atoms with Gasteiger partial charge in [-0.05, 0) is 50.0 Å². The number of carboxylic acids is 1. The molecule has 0 saturated carbocycles. The molecule has 8 heteroatoms. The highest BCUT2D eigenvalue weighted by Crippen LogP contribution is 2.33. The second-order valence-corrected chi connectivity index (χ2v) is 10.1. The number of piperidine rings is 1. The topological polar surface area (TPSA) is 102 Å². The van der Waals surface area contributed by atoms with Crippen molar-refractivity contribution in [2.75, 3.05) is 31.6 Å². The molecule has 0 radical (unpaired) electrons. The minimum Gasteiger partial charge on any atom is -0.480 e. The first kappa shape index (κ1) is 28.5. The molecular formula is C31H34ClN3O4. The number of halogens is 1. The average molecular weight is 548 g/mol. The standard InChI is InChI=1S/C31H34ClN3O4/c32-26-15-7-5-13-23(26)24(17-20-36)30(31(38)39)34-29(22-11-3-1-4-12-22)25-14-6-8-16-27(25)33-28(37)21-35-18-9-2-10-19-35/h1,3-8,11-16,24,30,36H,2,9-10,17-21H2,(H,33,37)(H,38,39)/t24-,30-/m0/s1. The maximum Gasteiger partial charge on any atom is 0.329 e. The smallest absolute Gasteiger partial charge is 0.329 e. The van der Waals surface area contributed by atoms with Crippen LogP contribution < -0.4 is 5.32 Å². The van der Waals surface area contributed by atoms with Gasteiger partial charge in [-0.15, -0.1) is 0 Å². The number of benzene rings is 3. The third-order valence-corrected chi connectivity index (χ3v) is 7.31. The lowest BCUT2D eigenvalue weighted by atomic mass is 9.88. The van der Waals surface area contributed by atoms with Gasteiger partial charge >= 0.3 is 5.97 Å². The van der Waals surface area contributed by atoms with E-state index in [2.05, 4.69) is 10.2 Å². The van der Waals surface area contributed by atoms with Crippen LogP contribution in [0.2, 0.25) is 5.02 Å². The van der Waals surface area contributed by atoms with E-state index in [9.17, 15) is 19.8 Å². The molecule has 7 nitrogen and oxygen atoms in total. The van der Waals surface area contributed by atoms with Gasteiger partial charge in [0.1, 0.15) is 0 Å². The largest absolute Gasteiger partial charge is 0.480 e. The number of hydrogen-bond acceptors (Lipinski definition) is 5. The molecule has 4 rings (SSSR count). The lowest BCUT2D eigenvalue weighted by molar-refractivity contribution is -0.139. The third-order valence-electron chi connectivity index (χ3n) is 6.97. The van der Waals surface area contributed by atoms with Gasteiger partial charge in [0, 0.05) is 28.7 Å². The number of nitrogens with one attached hydrogen (secondary N) is 1. The lowest BCUT2D eigenvalue weighted by Crippen LogP contribution is -2.37. The highest BCUT2D eigenvalue weighted by atomic mass is 35.5. The summed E-state index contributed by atoms with van der Waals surface area (Å²) in [4.78, 5) is 32.7. The number of hydrogen-bond donors (Lipinski definition) is 3. The Bertz CT molecular complexity index is 1290. The Morgan fingerprint density at radius 2 is 1.59 bits per heavy atom. The summed E-state index contributed by atoms with van der Waals surface area (Å²) in [6, 6.07) is 22.4. The summed E-state index contributed by atoms with van der Waals surface area (Å²) in [7, 11) is 0. The normalized spacial score (nSPS) is 15.9. The molecule has 3 aromatic carbocycles. The highest BCUT2D eigenvalue weighted by molar-refractivity contribution is 6.31. The van der Waals surface area contributed by atoms with Crippen molar-refractivity contribution in [3.8, 4) is 0 Å². The van der Waals surface area contributed by atoms with E-state index in [1.165, 1.54) is 6.42 Å². The number of amides is 1. The molecule has 0 bridgehead atoms. The zero-order chi connectivity index (χ0) is 27.6. The summed E-state index contributed by atoms with van der Waals surface area (Å²) in [6.07, 6.45) is 3.53. The fourth-order valence-electron chi connectivity index (χ4n) is 5.06. The SMILES string of the molecule is O=C(CN1CCCCC1)Nc1ccccc1C(=N[C@H](C(=O)O)[C@@H](CCO)c1ccccc1Cl)c1ccccc1. The van der Waals surface area contributed by atoms with E-state index in [1.807, 2.05) is 48.5 Å². The molecule has 1 aliphatic rings. The van der Waals surface area contributed by atoms with E-state index in [1.54, 1.807) is 30.3 Å². The number of carboxylic acid groups (broad SMARTS) is 1. The molecule has 1 aliphatic heterocycles. The summed E-state index contributed by atoms with van der Waals surface area (Å²) < 4.78 is 0. The van der Waals surface area contributed by atoms with Gasteiger partial charge in [0.05, 0.1) is 17.9 Å². The molecule has 3 aromatic rings. The average Bonchev–Trinajstić information content (AvgIpc) is 2.94. The van der Waals surface area contributed by atoms with Gasteiger partial charge < -0.3 is 15.5 Å². The van der Waals surface area contributed by atoms with Crippen molar-refractivity contribution >= 4 is 34.9 Å². The van der Waals surface area contributed by atoms with Gasteiger partial charge in [-0.1, -0.05) is 84.8 Å². The van der Waals surface area contributed by atoms with Gasteiger partial charge in [-0.2, -0.15) is 0 Å². The molecule has 0 aliphatic carbocycles. The molecule has 1 heterocycles. The quantitative estimate of drug-likeness (QED) is 0.286. The van der Waals surface area contributed by atoms with Crippen LogP contribution in [0.1, 0.15) is 48.3 Å². The molecule has 1 fully saturated rings. The van der Waals surface area contributed by atoms with Gasteiger partial charge in [0.15, 0.2) is 6.04 Å². The molecule has 3 N–H and O–H groups in total. The van der Waals surface area contributed by atoms with E-state index >= 15 is 0 Å². The Kier molecular flexibility index (Phi) is 10.3. The summed E-state index contributed by atoms with van der Waals surface area (Å²) in [6.45, 7) is 1.88. The van der Waals surface area contributed by atoms with E-state index in [-0.39, 0.29) is 18.9 Å². The van der Waals surface area contributed by atoms with Crippen molar-refractivity contribution < 1.29 is 19.8 Å². The highest BCUT2D eigenvalue weighted by Gasteiger charge is 2.31. The number of aliphatic hydroxyl groups excluding tert-OH is 1. The second kappa shape index (κ2) is 14.0. The molecule has 0 aromatic heterocycles. The number of rotatable bonds is 11. The third kappa shape index (κ3) is 7.53. The number of nitrogens with zero attached hydrogens (tertiary/aromatic N) is 2. The van der Waals surface area contributed by atoms with Gasteiger partial charge in [-0.3, -0.25) is 14.7 Å². The number of anilines is 1. The number of aliphatic hydroxyl groups is 1. The van der Waals surface area contributed by atoms with Crippen LogP contribution in [0, 0.1) is 0 Å².